The molecule has 0 saturated heterocycles. The molecule has 0 aliphatic heterocycles. The number of para-hydroxylation sites is 3. The van der Waals surface area contributed by atoms with Crippen molar-refractivity contribution in [1.82, 2.24) is 4.57 Å². The minimum atomic E-state index is 0.907. The van der Waals surface area contributed by atoms with E-state index in [0.717, 1.165) is 55.8 Å². The molecule has 59 heavy (non-hydrogen) atoms. The predicted octanol–water partition coefficient (Wildman–Crippen LogP) is 15.8. The Bertz CT molecular complexity index is 3540. The van der Waals surface area contributed by atoms with Gasteiger partial charge in [-0.2, -0.15) is 0 Å². The number of hydrogen-bond donors (Lipinski definition) is 0. The third kappa shape index (κ3) is 5.36. The van der Waals surface area contributed by atoms with Gasteiger partial charge in [0.2, 0.25) is 0 Å². The molecule has 0 unspecified atom stereocenters. The zero-order chi connectivity index (χ0) is 38.9. The van der Waals surface area contributed by atoms with E-state index in [1.807, 2.05) is 12.1 Å². The average Bonchev–Trinajstić information content (AvgIpc) is 3.86. The minimum Gasteiger partial charge on any atom is -0.455 e. The van der Waals surface area contributed by atoms with Crippen LogP contribution in [0.1, 0.15) is 0 Å². The number of anilines is 3. The van der Waals surface area contributed by atoms with E-state index < -0.39 is 0 Å². The molecule has 0 bridgehead atoms. The Morgan fingerprint density at radius 3 is 1.78 bits per heavy atom. The summed E-state index contributed by atoms with van der Waals surface area (Å²) in [7, 11) is 0. The fraction of sp³-hybridized carbons (Fsp3) is 0. The summed E-state index contributed by atoms with van der Waals surface area (Å²) in [6, 6.07) is 78.7. The molecule has 0 fully saturated rings. The van der Waals surface area contributed by atoms with E-state index in [1.54, 1.807) is 0 Å². The van der Waals surface area contributed by atoms with Crippen molar-refractivity contribution in [2.75, 3.05) is 4.90 Å². The van der Waals surface area contributed by atoms with Crippen LogP contribution in [0.3, 0.4) is 0 Å². The van der Waals surface area contributed by atoms with Crippen LogP contribution in [0.2, 0.25) is 0 Å². The summed E-state index contributed by atoms with van der Waals surface area (Å²) in [6.45, 7) is 0. The second kappa shape index (κ2) is 13.4. The lowest BCUT2D eigenvalue weighted by molar-refractivity contribution is 0.670. The van der Waals surface area contributed by atoms with Gasteiger partial charge in [0.05, 0.1) is 16.7 Å². The number of furan rings is 1. The molecule has 276 valence electrons. The van der Waals surface area contributed by atoms with Crippen molar-refractivity contribution in [1.29, 1.82) is 0 Å². The van der Waals surface area contributed by atoms with E-state index in [0.29, 0.717) is 0 Å². The maximum Gasteiger partial charge on any atom is 0.143 e. The first-order valence-electron chi connectivity index (χ1n) is 20.2. The van der Waals surface area contributed by atoms with Gasteiger partial charge >= 0.3 is 0 Å². The summed E-state index contributed by atoms with van der Waals surface area (Å²) in [6.07, 6.45) is 0. The molecule has 0 amide bonds. The minimum absolute atomic E-state index is 0.907. The zero-order valence-corrected chi connectivity index (χ0v) is 32.1. The van der Waals surface area contributed by atoms with Gasteiger partial charge in [-0.1, -0.05) is 158 Å². The molecule has 12 rings (SSSR count). The predicted molar refractivity (Wildman–Crippen MR) is 249 cm³/mol. The first-order chi connectivity index (χ1) is 29.3. The fourth-order valence-electron chi connectivity index (χ4n) is 9.20. The number of benzene rings is 10. The van der Waals surface area contributed by atoms with Gasteiger partial charge in [0, 0.05) is 54.9 Å². The smallest absolute Gasteiger partial charge is 0.143 e. The molecule has 0 saturated carbocycles. The quantitative estimate of drug-likeness (QED) is 0.169. The Kier molecular flexibility index (Phi) is 7.54. The molecule has 3 heteroatoms. The summed E-state index contributed by atoms with van der Waals surface area (Å²) < 4.78 is 8.84. The van der Waals surface area contributed by atoms with E-state index in [4.69, 9.17) is 4.42 Å². The Hall–Kier alpha value is -7.88. The van der Waals surface area contributed by atoms with Crippen molar-refractivity contribution < 1.29 is 4.42 Å². The number of aromatic nitrogens is 1. The molecule has 2 aromatic heterocycles. The summed E-state index contributed by atoms with van der Waals surface area (Å²) in [5, 5.41) is 9.66. The van der Waals surface area contributed by atoms with Gasteiger partial charge in [0.25, 0.3) is 0 Å². The molecule has 0 aliphatic rings. The van der Waals surface area contributed by atoms with Gasteiger partial charge < -0.3 is 13.9 Å². The van der Waals surface area contributed by atoms with Gasteiger partial charge in [0.15, 0.2) is 0 Å². The Balaban J connectivity index is 0.970. The molecular formula is C56H36N2O. The Morgan fingerprint density at radius 2 is 0.983 bits per heavy atom. The lowest BCUT2D eigenvalue weighted by atomic mass is 10.00. The second-order valence-corrected chi connectivity index (χ2v) is 15.3. The van der Waals surface area contributed by atoms with Crippen molar-refractivity contribution in [3.05, 3.63) is 218 Å². The second-order valence-electron chi connectivity index (χ2n) is 15.3. The highest BCUT2D eigenvalue weighted by atomic mass is 16.3. The van der Waals surface area contributed by atoms with Crippen LogP contribution in [0.4, 0.5) is 17.1 Å². The molecule has 12 aromatic rings. The molecule has 2 heterocycles. The van der Waals surface area contributed by atoms with Gasteiger partial charge in [0.1, 0.15) is 11.2 Å². The monoisotopic (exact) mass is 752 g/mol. The van der Waals surface area contributed by atoms with Crippen molar-refractivity contribution in [2.45, 2.75) is 0 Å². The summed E-state index contributed by atoms with van der Waals surface area (Å²) in [5.74, 6) is 0. The summed E-state index contributed by atoms with van der Waals surface area (Å²) in [4.78, 5) is 2.37. The van der Waals surface area contributed by atoms with E-state index in [9.17, 15) is 0 Å². The average molecular weight is 753 g/mol. The molecule has 0 aliphatic carbocycles. The topological polar surface area (TPSA) is 21.3 Å². The third-order valence-corrected chi connectivity index (χ3v) is 12.0. The molecular weight excluding hydrogens is 717 g/mol. The molecule has 0 spiro atoms. The maximum atomic E-state index is 6.42. The highest BCUT2D eigenvalue weighted by Gasteiger charge is 2.19. The lowest BCUT2D eigenvalue weighted by Gasteiger charge is -2.27. The van der Waals surface area contributed by atoms with Crippen LogP contribution < -0.4 is 4.90 Å². The van der Waals surface area contributed by atoms with Crippen LogP contribution in [0.15, 0.2) is 223 Å². The van der Waals surface area contributed by atoms with Crippen LogP contribution in [-0.4, -0.2) is 4.57 Å². The number of rotatable bonds is 6. The highest BCUT2D eigenvalue weighted by molar-refractivity contribution is 6.19. The van der Waals surface area contributed by atoms with Crippen molar-refractivity contribution in [2.24, 2.45) is 0 Å². The van der Waals surface area contributed by atoms with Crippen LogP contribution in [-0.2, 0) is 0 Å². The largest absolute Gasteiger partial charge is 0.455 e. The Morgan fingerprint density at radius 1 is 0.373 bits per heavy atom. The van der Waals surface area contributed by atoms with Gasteiger partial charge in [-0.05, 0) is 88.1 Å². The number of fused-ring (bicyclic) bond motifs is 9. The molecule has 0 atom stereocenters. The molecule has 0 N–H and O–H groups in total. The normalized spacial score (nSPS) is 11.7. The van der Waals surface area contributed by atoms with Crippen LogP contribution in [0.25, 0.3) is 93.2 Å². The summed E-state index contributed by atoms with van der Waals surface area (Å²) in [5.41, 5.74) is 13.3. The van der Waals surface area contributed by atoms with Crippen LogP contribution >= 0.6 is 0 Å². The lowest BCUT2D eigenvalue weighted by Crippen LogP contribution is -2.10. The van der Waals surface area contributed by atoms with Crippen molar-refractivity contribution in [3.63, 3.8) is 0 Å². The van der Waals surface area contributed by atoms with E-state index in [-0.39, 0.29) is 0 Å². The van der Waals surface area contributed by atoms with E-state index >= 15 is 0 Å². The van der Waals surface area contributed by atoms with Gasteiger partial charge in [-0.3, -0.25) is 0 Å². The fourth-order valence-corrected chi connectivity index (χ4v) is 9.20. The maximum absolute atomic E-state index is 6.42. The SMILES string of the molecule is c1ccc(-n2c3ccc(-c4ccc(N(c5ccc(-c6cccc7c6oc6ccccc67)cc5)c5cccc6ccccc56)cc4)cc3c3ccc4ccccc4c32)cc1. The zero-order valence-electron chi connectivity index (χ0n) is 32.1. The van der Waals surface area contributed by atoms with Crippen LogP contribution in [0, 0.1) is 0 Å². The van der Waals surface area contributed by atoms with Crippen LogP contribution in [0.5, 0.6) is 0 Å². The van der Waals surface area contributed by atoms with E-state index in [2.05, 4.69) is 216 Å². The third-order valence-electron chi connectivity index (χ3n) is 12.0. The standard InChI is InChI=1S/C56H36N2O/c1-2-15-42(16-3-1)58-53-35-29-41(36-51(53)49-34-28-39-13-5-7-18-46(39)55(49)58)37-24-30-43(31-25-37)57(52-22-10-14-38-12-4-6-17-45(38)52)44-32-26-40(27-33-44)47-20-11-21-50-48-19-8-9-23-54(48)59-56(47)50/h1-36H. The van der Waals surface area contributed by atoms with E-state index in [1.165, 1.54) is 54.5 Å². The van der Waals surface area contributed by atoms with Crippen molar-refractivity contribution in [3.8, 4) is 27.9 Å². The van der Waals surface area contributed by atoms with Crippen molar-refractivity contribution >= 4 is 82.4 Å². The molecule has 3 nitrogen and oxygen atoms in total. The first-order valence-corrected chi connectivity index (χ1v) is 20.2. The van der Waals surface area contributed by atoms with Gasteiger partial charge in [-0.25, -0.2) is 0 Å². The molecule has 0 radical (unpaired) electrons. The highest BCUT2D eigenvalue weighted by Crippen LogP contribution is 2.43. The number of hydrogen-bond acceptors (Lipinski definition) is 2. The number of nitrogens with zero attached hydrogens (tertiary/aromatic N) is 2. The summed E-state index contributed by atoms with van der Waals surface area (Å²) >= 11 is 0. The van der Waals surface area contributed by atoms with Gasteiger partial charge in [-0.15, -0.1) is 0 Å². The molecule has 10 aromatic carbocycles. The first kappa shape index (κ1) is 33.3. The Labute approximate surface area is 341 Å².